The van der Waals surface area contributed by atoms with Gasteiger partial charge in [-0.1, -0.05) is 18.2 Å². The number of hydrogen-bond donors (Lipinski definition) is 2. The molecule has 1 rings (SSSR count). The Hall–Kier alpha value is -1.95. The van der Waals surface area contributed by atoms with Gasteiger partial charge in [-0.15, -0.1) is 0 Å². The molecule has 0 atom stereocenters. The van der Waals surface area contributed by atoms with Gasteiger partial charge in [-0.3, -0.25) is 0 Å². The van der Waals surface area contributed by atoms with Gasteiger partial charge < -0.3 is 14.9 Å². The van der Waals surface area contributed by atoms with Crippen LogP contribution in [0.1, 0.15) is 5.56 Å². The van der Waals surface area contributed by atoms with Crippen molar-refractivity contribution in [2.75, 3.05) is 7.11 Å². The van der Waals surface area contributed by atoms with E-state index in [4.69, 9.17) is 10.2 Å². The highest BCUT2D eigenvalue weighted by Crippen LogP contribution is 2.20. The summed E-state index contributed by atoms with van der Waals surface area (Å²) in [5.41, 5.74) is -2.50. The summed E-state index contributed by atoms with van der Waals surface area (Å²) in [5, 5.41) is 17.8. The van der Waals surface area contributed by atoms with Crippen LogP contribution in [0.3, 0.4) is 0 Å². The highest BCUT2D eigenvalue weighted by molar-refractivity contribution is 6.02. The molecule has 0 aliphatic carbocycles. The van der Waals surface area contributed by atoms with Gasteiger partial charge >= 0.3 is 11.9 Å². The summed E-state index contributed by atoms with van der Waals surface area (Å²) >= 11 is 0. The first kappa shape index (κ1) is 13.1. The quantitative estimate of drug-likeness (QED) is 0.750. The third kappa shape index (κ3) is 2.42. The molecule has 0 bridgehead atoms. The number of carbonyl (C=O) groups is 2. The molecular weight excluding hydrogens is 231 g/mol. The monoisotopic (exact) mass is 242 g/mol. The molecule has 0 heterocycles. The normalized spacial score (nSPS) is 11.2. The van der Waals surface area contributed by atoms with Crippen LogP contribution in [0.2, 0.25) is 0 Å². The second-order valence-corrected chi connectivity index (χ2v) is 3.41. The fraction of sp³-hybridized carbons (Fsp3) is 0.273. The first-order valence-electron chi connectivity index (χ1n) is 4.69. The summed E-state index contributed by atoms with van der Waals surface area (Å²) in [6.45, 7) is 0. The van der Waals surface area contributed by atoms with Crippen molar-refractivity contribution < 1.29 is 28.9 Å². The number of carboxylic acids is 2. The van der Waals surface area contributed by atoms with Crippen LogP contribution in [0.5, 0.6) is 0 Å². The summed E-state index contributed by atoms with van der Waals surface area (Å²) < 4.78 is 17.9. The highest BCUT2D eigenvalue weighted by Gasteiger charge is 2.47. The minimum atomic E-state index is -2.47. The summed E-state index contributed by atoms with van der Waals surface area (Å²) in [6.07, 6.45) is -0.582. The molecular formula is C11H11FO5. The van der Waals surface area contributed by atoms with E-state index < -0.39 is 29.8 Å². The zero-order valence-electron chi connectivity index (χ0n) is 9.01. The van der Waals surface area contributed by atoms with Crippen LogP contribution in [0.25, 0.3) is 0 Å². The summed E-state index contributed by atoms with van der Waals surface area (Å²) in [7, 11) is 0.961. The molecule has 0 fully saturated rings. The number of carboxylic acid groups (broad SMARTS) is 2. The molecule has 0 aliphatic rings. The van der Waals surface area contributed by atoms with Crippen molar-refractivity contribution in [3.05, 3.63) is 35.6 Å². The van der Waals surface area contributed by atoms with E-state index in [1.54, 1.807) is 0 Å². The van der Waals surface area contributed by atoms with Gasteiger partial charge in [-0.05, 0) is 11.6 Å². The van der Waals surface area contributed by atoms with E-state index in [-0.39, 0.29) is 5.56 Å². The zero-order chi connectivity index (χ0) is 13.1. The number of hydrogen-bond acceptors (Lipinski definition) is 3. The van der Waals surface area contributed by atoms with Crippen LogP contribution in [0, 0.1) is 5.82 Å². The SMILES string of the molecule is COC(Cc1ccccc1F)(C(=O)O)C(=O)O. The molecule has 92 valence electrons. The molecule has 17 heavy (non-hydrogen) atoms. The summed E-state index contributed by atoms with van der Waals surface area (Å²) in [6, 6.07) is 5.35. The average Bonchev–Trinajstić information content (AvgIpc) is 2.27. The molecule has 6 heteroatoms. The maximum absolute atomic E-state index is 13.3. The lowest BCUT2D eigenvalue weighted by Crippen LogP contribution is -2.50. The lowest BCUT2D eigenvalue weighted by atomic mass is 9.94. The number of rotatable bonds is 5. The third-order valence-corrected chi connectivity index (χ3v) is 2.44. The summed E-state index contributed by atoms with van der Waals surface area (Å²) in [4.78, 5) is 22.0. The number of methoxy groups -OCH3 is 1. The van der Waals surface area contributed by atoms with Crippen LogP contribution in [0.15, 0.2) is 24.3 Å². The maximum atomic E-state index is 13.3. The van der Waals surface area contributed by atoms with E-state index in [9.17, 15) is 14.0 Å². The molecule has 0 aliphatic heterocycles. The van der Waals surface area contributed by atoms with Gasteiger partial charge in [0, 0.05) is 13.5 Å². The Morgan fingerprint density at radius 2 is 1.82 bits per heavy atom. The van der Waals surface area contributed by atoms with Crippen LogP contribution in [-0.4, -0.2) is 34.9 Å². The van der Waals surface area contributed by atoms with Crippen molar-refractivity contribution in [3.63, 3.8) is 0 Å². The minimum absolute atomic E-state index is 0.0286. The Morgan fingerprint density at radius 1 is 1.29 bits per heavy atom. The molecule has 1 aromatic rings. The van der Waals surface area contributed by atoms with Gasteiger partial charge in [0.1, 0.15) is 5.82 Å². The van der Waals surface area contributed by atoms with E-state index in [0.717, 1.165) is 13.2 Å². The largest absolute Gasteiger partial charge is 0.479 e. The van der Waals surface area contributed by atoms with Crippen molar-refractivity contribution in [1.82, 2.24) is 0 Å². The Labute approximate surface area is 96.4 Å². The van der Waals surface area contributed by atoms with Crippen LogP contribution < -0.4 is 0 Å². The minimum Gasteiger partial charge on any atom is -0.479 e. The van der Waals surface area contributed by atoms with E-state index in [1.165, 1.54) is 18.2 Å². The highest BCUT2D eigenvalue weighted by atomic mass is 19.1. The van der Waals surface area contributed by atoms with E-state index >= 15 is 0 Å². The second-order valence-electron chi connectivity index (χ2n) is 3.41. The lowest BCUT2D eigenvalue weighted by Gasteiger charge is -2.23. The lowest BCUT2D eigenvalue weighted by molar-refractivity contribution is -0.179. The first-order valence-corrected chi connectivity index (χ1v) is 4.69. The van der Waals surface area contributed by atoms with Crippen molar-refractivity contribution >= 4 is 11.9 Å². The zero-order valence-corrected chi connectivity index (χ0v) is 9.01. The van der Waals surface area contributed by atoms with E-state index in [2.05, 4.69) is 4.74 Å². The molecule has 2 N–H and O–H groups in total. The third-order valence-electron chi connectivity index (χ3n) is 2.44. The average molecular weight is 242 g/mol. The Kier molecular flexibility index (Phi) is 3.80. The van der Waals surface area contributed by atoms with Crippen LogP contribution in [-0.2, 0) is 20.7 Å². The van der Waals surface area contributed by atoms with Crippen LogP contribution in [0.4, 0.5) is 4.39 Å². The second kappa shape index (κ2) is 4.92. The molecule has 0 aromatic heterocycles. The van der Waals surface area contributed by atoms with Gasteiger partial charge in [-0.2, -0.15) is 0 Å². The number of benzene rings is 1. The predicted molar refractivity (Wildman–Crippen MR) is 55.1 cm³/mol. The maximum Gasteiger partial charge on any atom is 0.348 e. The van der Waals surface area contributed by atoms with Crippen molar-refractivity contribution in [2.45, 2.75) is 12.0 Å². The molecule has 0 saturated carbocycles. The molecule has 5 nitrogen and oxygen atoms in total. The Bertz CT molecular complexity index is 429. The standard InChI is InChI=1S/C11H11FO5/c1-17-11(9(13)14,10(15)16)6-7-4-2-3-5-8(7)12/h2-5H,6H2,1H3,(H,13,14)(H,15,16). The van der Waals surface area contributed by atoms with Gasteiger partial charge in [0.25, 0.3) is 5.60 Å². The van der Waals surface area contributed by atoms with Crippen molar-refractivity contribution in [2.24, 2.45) is 0 Å². The van der Waals surface area contributed by atoms with Gasteiger partial charge in [-0.25, -0.2) is 14.0 Å². The van der Waals surface area contributed by atoms with Crippen LogP contribution >= 0.6 is 0 Å². The number of ether oxygens (including phenoxy) is 1. The molecule has 0 saturated heterocycles. The molecule has 0 amide bonds. The van der Waals surface area contributed by atoms with E-state index in [0.29, 0.717) is 0 Å². The van der Waals surface area contributed by atoms with Gasteiger partial charge in [0.15, 0.2) is 0 Å². The molecule has 1 aromatic carbocycles. The molecule has 0 radical (unpaired) electrons. The van der Waals surface area contributed by atoms with Crippen molar-refractivity contribution in [3.8, 4) is 0 Å². The van der Waals surface area contributed by atoms with Gasteiger partial charge in [0.05, 0.1) is 0 Å². The Balaban J connectivity index is 3.15. The fourth-order valence-corrected chi connectivity index (χ4v) is 1.40. The molecule has 0 spiro atoms. The van der Waals surface area contributed by atoms with Crippen molar-refractivity contribution in [1.29, 1.82) is 0 Å². The summed E-state index contributed by atoms with van der Waals surface area (Å²) in [5.74, 6) is -4.01. The first-order chi connectivity index (χ1) is 7.94. The predicted octanol–water partition coefficient (Wildman–Crippen LogP) is 0.923. The fourth-order valence-electron chi connectivity index (χ4n) is 1.40. The number of aliphatic carboxylic acids is 2. The smallest absolute Gasteiger partial charge is 0.348 e. The van der Waals surface area contributed by atoms with Gasteiger partial charge in [0.2, 0.25) is 0 Å². The number of halogens is 1. The molecule has 0 unspecified atom stereocenters. The topological polar surface area (TPSA) is 83.8 Å². The Morgan fingerprint density at radius 3 is 2.24 bits per heavy atom. The van der Waals surface area contributed by atoms with E-state index in [1.807, 2.05) is 0 Å².